The minimum Gasteiger partial charge on any atom is -0.486 e. The fourth-order valence-electron chi connectivity index (χ4n) is 2.68. The van der Waals surface area contributed by atoms with Gasteiger partial charge < -0.3 is 15.4 Å². The average Bonchev–Trinajstić information content (AvgIpc) is 3.02. The molecule has 0 fully saturated rings. The SMILES string of the molecule is C=C(CN)COc1ccc(C(=O)N2Cc3ccc(Cl)cc3C2)cc1F. The quantitative estimate of drug-likeness (QED) is 0.830. The molecule has 1 amide bonds. The number of fused-ring (bicyclic) bond motifs is 1. The molecule has 0 aliphatic carbocycles. The second kappa shape index (κ2) is 7.25. The maximum atomic E-state index is 14.2. The van der Waals surface area contributed by atoms with Crippen LogP contribution in [0, 0.1) is 5.82 Å². The van der Waals surface area contributed by atoms with Gasteiger partial charge in [-0.25, -0.2) is 4.39 Å². The molecule has 6 heteroatoms. The molecule has 130 valence electrons. The molecule has 2 aromatic rings. The van der Waals surface area contributed by atoms with E-state index >= 15 is 0 Å². The van der Waals surface area contributed by atoms with Crippen LogP contribution in [0.5, 0.6) is 5.75 Å². The number of rotatable bonds is 5. The third kappa shape index (κ3) is 3.83. The van der Waals surface area contributed by atoms with Crippen molar-refractivity contribution in [1.82, 2.24) is 4.90 Å². The second-order valence-corrected chi connectivity index (χ2v) is 6.40. The van der Waals surface area contributed by atoms with E-state index in [9.17, 15) is 9.18 Å². The van der Waals surface area contributed by atoms with Crippen molar-refractivity contribution < 1.29 is 13.9 Å². The molecule has 0 saturated heterocycles. The maximum Gasteiger partial charge on any atom is 0.254 e. The van der Waals surface area contributed by atoms with Crippen LogP contribution >= 0.6 is 11.6 Å². The molecule has 1 aliphatic rings. The van der Waals surface area contributed by atoms with E-state index in [1.165, 1.54) is 12.1 Å². The molecular weight excluding hydrogens is 343 g/mol. The summed E-state index contributed by atoms with van der Waals surface area (Å²) in [6.07, 6.45) is 0. The summed E-state index contributed by atoms with van der Waals surface area (Å²) in [6, 6.07) is 9.77. The van der Waals surface area contributed by atoms with Crippen molar-refractivity contribution in [3.63, 3.8) is 0 Å². The molecule has 25 heavy (non-hydrogen) atoms. The van der Waals surface area contributed by atoms with E-state index in [4.69, 9.17) is 22.1 Å². The van der Waals surface area contributed by atoms with Gasteiger partial charge in [-0.1, -0.05) is 24.2 Å². The highest BCUT2D eigenvalue weighted by Crippen LogP contribution is 2.28. The van der Waals surface area contributed by atoms with Crippen LogP contribution in [0.4, 0.5) is 4.39 Å². The second-order valence-electron chi connectivity index (χ2n) is 5.96. The summed E-state index contributed by atoms with van der Waals surface area (Å²) >= 11 is 5.99. The monoisotopic (exact) mass is 360 g/mol. The summed E-state index contributed by atoms with van der Waals surface area (Å²) in [5.41, 5.74) is 8.43. The highest BCUT2D eigenvalue weighted by Gasteiger charge is 2.25. The highest BCUT2D eigenvalue weighted by atomic mass is 35.5. The molecule has 0 bridgehead atoms. The Kier molecular flexibility index (Phi) is 5.06. The fraction of sp³-hybridized carbons (Fsp3) is 0.211. The van der Waals surface area contributed by atoms with E-state index in [1.807, 2.05) is 12.1 Å². The maximum absolute atomic E-state index is 14.2. The van der Waals surface area contributed by atoms with Crippen molar-refractivity contribution in [2.24, 2.45) is 5.73 Å². The third-order valence-corrected chi connectivity index (χ3v) is 4.31. The molecule has 0 aromatic heterocycles. The van der Waals surface area contributed by atoms with Crippen molar-refractivity contribution in [3.05, 3.63) is 76.1 Å². The minimum absolute atomic E-state index is 0.0719. The van der Waals surface area contributed by atoms with Gasteiger partial charge in [0.2, 0.25) is 0 Å². The van der Waals surface area contributed by atoms with Crippen LogP contribution in [-0.2, 0) is 13.1 Å². The van der Waals surface area contributed by atoms with Crippen LogP contribution in [0.25, 0.3) is 0 Å². The number of amides is 1. The molecule has 1 aliphatic heterocycles. The van der Waals surface area contributed by atoms with Crippen molar-refractivity contribution in [2.45, 2.75) is 13.1 Å². The molecule has 4 nitrogen and oxygen atoms in total. The van der Waals surface area contributed by atoms with Crippen molar-refractivity contribution in [1.29, 1.82) is 0 Å². The van der Waals surface area contributed by atoms with Gasteiger partial charge >= 0.3 is 0 Å². The Morgan fingerprint density at radius 2 is 2.00 bits per heavy atom. The molecule has 0 unspecified atom stereocenters. The normalized spacial score (nSPS) is 12.8. The Bertz CT molecular complexity index is 838. The zero-order valence-electron chi connectivity index (χ0n) is 13.6. The molecule has 0 atom stereocenters. The number of hydrogen-bond acceptors (Lipinski definition) is 3. The Morgan fingerprint density at radius 3 is 2.72 bits per heavy atom. The predicted octanol–water partition coefficient (Wildman–Crippen LogP) is 3.53. The molecule has 2 aromatic carbocycles. The van der Waals surface area contributed by atoms with Gasteiger partial charge in [-0.2, -0.15) is 0 Å². The lowest BCUT2D eigenvalue weighted by Gasteiger charge is -2.16. The fourth-order valence-corrected chi connectivity index (χ4v) is 2.87. The van der Waals surface area contributed by atoms with Crippen LogP contribution in [0.1, 0.15) is 21.5 Å². The first kappa shape index (κ1) is 17.5. The lowest BCUT2D eigenvalue weighted by Crippen LogP contribution is -2.25. The smallest absolute Gasteiger partial charge is 0.254 e. The standard InChI is InChI=1S/C19H18ClFN2O2/c1-12(8-22)11-25-18-5-3-13(7-17(18)21)19(24)23-9-14-2-4-16(20)6-15(14)10-23/h2-7H,1,8-11,22H2. The molecule has 0 spiro atoms. The van der Waals surface area contributed by atoms with E-state index in [2.05, 4.69) is 6.58 Å². The summed E-state index contributed by atoms with van der Waals surface area (Å²) < 4.78 is 19.5. The van der Waals surface area contributed by atoms with Gasteiger partial charge in [0, 0.05) is 30.2 Å². The number of carbonyl (C=O) groups excluding carboxylic acids is 1. The number of halogens is 2. The van der Waals surface area contributed by atoms with Crippen molar-refractivity contribution >= 4 is 17.5 Å². The average molecular weight is 361 g/mol. The highest BCUT2D eigenvalue weighted by molar-refractivity contribution is 6.30. The summed E-state index contributed by atoms with van der Waals surface area (Å²) in [4.78, 5) is 14.3. The van der Waals surface area contributed by atoms with Crippen LogP contribution in [-0.4, -0.2) is 24.0 Å². The van der Waals surface area contributed by atoms with E-state index in [1.54, 1.807) is 17.0 Å². The zero-order valence-corrected chi connectivity index (χ0v) is 14.4. The van der Waals surface area contributed by atoms with Crippen LogP contribution < -0.4 is 10.5 Å². The summed E-state index contributed by atoms with van der Waals surface area (Å²) in [6.45, 7) is 5.07. The Morgan fingerprint density at radius 1 is 1.24 bits per heavy atom. The van der Waals surface area contributed by atoms with Gasteiger partial charge in [0.05, 0.1) is 0 Å². The molecule has 0 saturated carbocycles. The van der Waals surface area contributed by atoms with E-state index in [-0.39, 0.29) is 30.4 Å². The first-order valence-electron chi connectivity index (χ1n) is 7.83. The molecular formula is C19H18ClFN2O2. The van der Waals surface area contributed by atoms with E-state index in [0.717, 1.165) is 11.1 Å². The van der Waals surface area contributed by atoms with Gasteiger partial charge in [-0.3, -0.25) is 4.79 Å². The minimum atomic E-state index is -0.588. The summed E-state index contributed by atoms with van der Waals surface area (Å²) in [5.74, 6) is -0.748. The topological polar surface area (TPSA) is 55.6 Å². The molecule has 2 N–H and O–H groups in total. The van der Waals surface area contributed by atoms with Gasteiger partial charge in [-0.15, -0.1) is 0 Å². The first-order valence-corrected chi connectivity index (χ1v) is 8.21. The van der Waals surface area contributed by atoms with E-state index < -0.39 is 5.82 Å². The Balaban J connectivity index is 1.71. The third-order valence-electron chi connectivity index (χ3n) is 4.08. The van der Waals surface area contributed by atoms with Crippen molar-refractivity contribution in [2.75, 3.05) is 13.2 Å². The van der Waals surface area contributed by atoms with Gasteiger partial charge in [0.25, 0.3) is 5.91 Å². The first-order chi connectivity index (χ1) is 12.0. The predicted molar refractivity (Wildman–Crippen MR) is 95.1 cm³/mol. The number of ether oxygens (including phenoxy) is 1. The van der Waals surface area contributed by atoms with Gasteiger partial charge in [-0.05, 0) is 47.0 Å². The van der Waals surface area contributed by atoms with Gasteiger partial charge in [0.1, 0.15) is 6.61 Å². The molecule has 0 radical (unpaired) electrons. The largest absolute Gasteiger partial charge is 0.486 e. The van der Waals surface area contributed by atoms with Crippen LogP contribution in [0.15, 0.2) is 48.6 Å². The Hall–Kier alpha value is -2.37. The number of nitrogens with zero attached hydrogens (tertiary/aromatic N) is 1. The van der Waals surface area contributed by atoms with Gasteiger partial charge in [0.15, 0.2) is 11.6 Å². The molecule has 1 heterocycles. The number of benzene rings is 2. The zero-order chi connectivity index (χ0) is 18.0. The van der Waals surface area contributed by atoms with E-state index in [0.29, 0.717) is 23.7 Å². The lowest BCUT2D eigenvalue weighted by molar-refractivity contribution is 0.0751. The van der Waals surface area contributed by atoms with Crippen molar-refractivity contribution in [3.8, 4) is 5.75 Å². The number of hydrogen-bond donors (Lipinski definition) is 1. The lowest BCUT2D eigenvalue weighted by atomic mass is 10.1. The summed E-state index contributed by atoms with van der Waals surface area (Å²) in [5, 5.41) is 0.639. The molecule has 3 rings (SSSR count). The Labute approximate surface area is 150 Å². The van der Waals surface area contributed by atoms with Crippen LogP contribution in [0.2, 0.25) is 5.02 Å². The van der Waals surface area contributed by atoms with Crippen LogP contribution in [0.3, 0.4) is 0 Å². The summed E-state index contributed by atoms with van der Waals surface area (Å²) in [7, 11) is 0. The number of carbonyl (C=O) groups is 1. The number of nitrogens with two attached hydrogens (primary N) is 1.